The molecule has 0 heterocycles. The molecule has 0 saturated heterocycles. The number of carbonyl (C=O) groups excluding carboxylic acids is 6. The summed E-state index contributed by atoms with van der Waals surface area (Å²) in [6, 6.07) is 0. The van der Waals surface area contributed by atoms with Gasteiger partial charge in [0.25, 0.3) is 0 Å². The van der Waals surface area contributed by atoms with E-state index < -0.39 is 71.3 Å². The van der Waals surface area contributed by atoms with Gasteiger partial charge in [0.15, 0.2) is 0 Å². The summed E-state index contributed by atoms with van der Waals surface area (Å²) in [5, 5.41) is 62.5. The molecule has 0 bridgehead atoms. The van der Waals surface area contributed by atoms with Crippen LogP contribution in [0.4, 0.5) is 0 Å². The number of allylic oxidation sites excluding steroid dienone is 3. The van der Waals surface area contributed by atoms with Crippen LogP contribution in [0, 0.1) is 35.5 Å². The zero-order valence-electron chi connectivity index (χ0n) is 20.2. The van der Waals surface area contributed by atoms with E-state index in [1.54, 1.807) is 18.2 Å². The van der Waals surface area contributed by atoms with Crippen LogP contribution in [-0.4, -0.2) is 70.5 Å². The smallest absolute Gasteiger partial charge is 0.550 e. The molecule has 6 unspecified atom stereocenters. The summed E-state index contributed by atoms with van der Waals surface area (Å²) in [5.41, 5.74) is 0. The third-order valence-electron chi connectivity index (χ3n) is 5.99. The van der Waals surface area contributed by atoms with Crippen molar-refractivity contribution in [2.45, 2.75) is 38.5 Å². The molecule has 0 aromatic rings. The Morgan fingerprint density at radius 2 is 0.632 bits per heavy atom. The zero-order chi connectivity index (χ0) is 27.4. The molecule has 0 spiro atoms. The first-order valence-electron chi connectivity index (χ1n) is 11.1. The molecule has 0 radical (unpaired) electrons. The average Bonchev–Trinajstić information content (AvgIpc) is 2.84. The summed E-state index contributed by atoms with van der Waals surface area (Å²) in [4.78, 5) is 62.5. The molecule has 38 heavy (non-hydrogen) atoms. The molecule has 14 heteroatoms. The van der Waals surface area contributed by atoms with Gasteiger partial charge >= 0.3 is 34.7 Å². The van der Waals surface area contributed by atoms with Gasteiger partial charge in [-0.1, -0.05) is 36.5 Å². The van der Waals surface area contributed by atoms with E-state index in [4.69, 9.17) is 0 Å². The van der Waals surface area contributed by atoms with E-state index in [2.05, 4.69) is 0 Å². The zero-order valence-corrected chi connectivity index (χ0v) is 22.5. The molecule has 0 fully saturated rings. The van der Waals surface area contributed by atoms with Crippen LogP contribution in [0.2, 0.25) is 0 Å². The minimum absolute atomic E-state index is 0. The van der Waals surface area contributed by atoms with E-state index >= 15 is 0 Å². The molecule has 0 amide bonds. The first kappa shape index (κ1) is 37.3. The van der Waals surface area contributed by atoms with Crippen molar-refractivity contribution in [3.63, 3.8) is 0 Å². The number of rotatable bonds is 6. The van der Waals surface area contributed by atoms with Gasteiger partial charge in [-0.25, -0.2) is 0 Å². The number of carboxylic acid groups (broad SMARTS) is 6. The molecule has 0 aromatic heterocycles. The minimum atomic E-state index is -1.35. The maximum atomic E-state index is 10.4. The quantitative estimate of drug-likeness (QED) is 0.218. The summed E-state index contributed by atoms with van der Waals surface area (Å²) in [5.74, 6) is -13.8. The van der Waals surface area contributed by atoms with Crippen molar-refractivity contribution in [2.24, 2.45) is 35.5 Å². The fourth-order valence-electron chi connectivity index (χ4n) is 4.02. The number of carbonyl (C=O) groups is 6. The maximum Gasteiger partial charge on any atom is 3.00 e. The molecule has 3 rings (SSSR count). The molecule has 0 aromatic carbocycles. The van der Waals surface area contributed by atoms with Gasteiger partial charge in [-0.15, -0.1) is 0 Å². The number of hydrogen-bond donors (Lipinski definition) is 0. The van der Waals surface area contributed by atoms with Crippen molar-refractivity contribution in [3.05, 3.63) is 36.5 Å². The molecule has 0 aliphatic heterocycles. The Morgan fingerprint density at radius 3 is 0.763 bits per heavy atom. The van der Waals surface area contributed by atoms with Gasteiger partial charge < -0.3 is 59.4 Å². The van der Waals surface area contributed by atoms with Gasteiger partial charge in [-0.2, -0.15) is 0 Å². The van der Waals surface area contributed by atoms with Crippen LogP contribution < -0.4 is 30.6 Å². The molecule has 6 atom stereocenters. The Labute approximate surface area is 240 Å². The summed E-state index contributed by atoms with van der Waals surface area (Å²) >= 11 is 0. The first-order valence-corrected chi connectivity index (χ1v) is 11.1. The average molecular weight is 558 g/mol. The molecule has 0 N–H and O–H groups in total. The molecule has 3 aliphatic rings. The van der Waals surface area contributed by atoms with Crippen molar-refractivity contribution in [3.8, 4) is 0 Å². The number of aliphatic carboxylic acids is 6. The van der Waals surface area contributed by atoms with Crippen molar-refractivity contribution in [1.82, 2.24) is 0 Å². The van der Waals surface area contributed by atoms with Crippen LogP contribution in [0.25, 0.3) is 0 Å². The summed E-state index contributed by atoms with van der Waals surface area (Å²) in [6.07, 6.45) is 11.7. The van der Waals surface area contributed by atoms with Crippen molar-refractivity contribution < 1.29 is 59.4 Å². The predicted molar refractivity (Wildman–Crippen MR) is 118 cm³/mol. The van der Waals surface area contributed by atoms with E-state index in [1.807, 2.05) is 0 Å². The standard InChI is InChI=1S/3C8H10O4.2Al/c3*9-7(10)5-3-1-2-4-6(5)8(11)12;;/h3*1,3,5-6H,2,4H2,(H,9,10)(H,11,12);;/q;;;2*+3/p-6. The second-order valence-electron chi connectivity index (χ2n) is 8.33. The largest absolute Gasteiger partial charge is 3.00 e. The van der Waals surface area contributed by atoms with Gasteiger partial charge in [-0.05, 0) is 38.5 Å². The van der Waals surface area contributed by atoms with Gasteiger partial charge in [0.2, 0.25) is 0 Å². The third-order valence-corrected chi connectivity index (χ3v) is 5.99. The Kier molecular flexibility index (Phi) is 18.0. The second-order valence-corrected chi connectivity index (χ2v) is 8.33. The second kappa shape index (κ2) is 18.4. The van der Waals surface area contributed by atoms with Gasteiger partial charge in [0.1, 0.15) is 0 Å². The summed E-state index contributed by atoms with van der Waals surface area (Å²) < 4.78 is 0. The topological polar surface area (TPSA) is 241 Å². The fraction of sp³-hybridized carbons (Fsp3) is 0.500. The van der Waals surface area contributed by atoms with Crippen LogP contribution in [0.1, 0.15) is 38.5 Å². The predicted octanol–water partition coefficient (Wildman–Crippen LogP) is -6.56. The monoisotopic (exact) mass is 558 g/mol. The van der Waals surface area contributed by atoms with Crippen LogP contribution in [-0.2, 0) is 28.8 Å². The van der Waals surface area contributed by atoms with Crippen molar-refractivity contribution in [1.29, 1.82) is 0 Å². The van der Waals surface area contributed by atoms with Gasteiger partial charge in [-0.3, -0.25) is 0 Å². The summed E-state index contributed by atoms with van der Waals surface area (Å²) in [7, 11) is 0. The van der Waals surface area contributed by atoms with E-state index in [1.165, 1.54) is 18.2 Å². The number of hydrogen-bond acceptors (Lipinski definition) is 12. The van der Waals surface area contributed by atoms with Crippen LogP contribution >= 0.6 is 0 Å². The third kappa shape index (κ3) is 11.7. The molecular weight excluding hydrogens is 534 g/mol. The number of carboxylic acids is 6. The summed E-state index contributed by atoms with van der Waals surface area (Å²) in [6.45, 7) is 0. The van der Waals surface area contributed by atoms with E-state index in [0.29, 0.717) is 38.5 Å². The Morgan fingerprint density at radius 1 is 0.421 bits per heavy atom. The van der Waals surface area contributed by atoms with Crippen LogP contribution in [0.5, 0.6) is 0 Å². The Balaban J connectivity index is 0. The fourth-order valence-corrected chi connectivity index (χ4v) is 4.02. The van der Waals surface area contributed by atoms with Crippen LogP contribution in [0.15, 0.2) is 36.5 Å². The minimum Gasteiger partial charge on any atom is -0.550 e. The van der Waals surface area contributed by atoms with Gasteiger partial charge in [0.05, 0.1) is 0 Å². The molecular formula is C24H24Al2O12. The Bertz CT molecular complexity index is 824. The van der Waals surface area contributed by atoms with Crippen molar-refractivity contribution >= 4 is 70.5 Å². The molecule has 3 aliphatic carbocycles. The van der Waals surface area contributed by atoms with E-state index in [9.17, 15) is 59.4 Å². The Hall–Kier alpha value is -2.90. The van der Waals surface area contributed by atoms with E-state index in [-0.39, 0.29) is 34.7 Å². The molecule has 12 nitrogen and oxygen atoms in total. The molecule has 198 valence electrons. The normalized spacial score (nSPS) is 26.8. The molecule has 0 saturated carbocycles. The SMILES string of the molecule is O=C([O-])C1C=CCCC1C(=O)[O-].O=C([O-])C1C=CCCC1C(=O)[O-].O=C([O-])C1C=CCCC1C(=O)[O-].[Al+3].[Al+3]. The van der Waals surface area contributed by atoms with Crippen molar-refractivity contribution in [2.75, 3.05) is 0 Å². The first-order chi connectivity index (χ1) is 16.9. The van der Waals surface area contributed by atoms with E-state index in [0.717, 1.165) is 0 Å². The van der Waals surface area contributed by atoms with Crippen LogP contribution in [0.3, 0.4) is 0 Å². The van der Waals surface area contributed by atoms with Gasteiger partial charge in [0, 0.05) is 71.3 Å². The maximum absolute atomic E-state index is 10.4.